The van der Waals surface area contributed by atoms with Crippen molar-refractivity contribution in [2.45, 2.75) is 43.9 Å². The van der Waals surface area contributed by atoms with Crippen molar-refractivity contribution in [3.05, 3.63) is 59.9 Å². The average Bonchev–Trinajstić information content (AvgIpc) is 3.19. The molecule has 184 valence electrons. The van der Waals surface area contributed by atoms with Crippen LogP contribution in [-0.2, 0) is 0 Å². The van der Waals surface area contributed by atoms with Crippen LogP contribution in [-0.4, -0.2) is 79.1 Å². The van der Waals surface area contributed by atoms with E-state index in [2.05, 4.69) is 69.9 Å². The maximum atomic E-state index is 11.9. The van der Waals surface area contributed by atoms with E-state index in [0.29, 0.717) is 17.5 Å². The number of nitrogens with one attached hydrogen (secondary N) is 2. The van der Waals surface area contributed by atoms with Gasteiger partial charge in [-0.05, 0) is 44.0 Å². The lowest BCUT2D eigenvalue weighted by atomic mass is 9.89. The highest BCUT2D eigenvalue weighted by molar-refractivity contribution is 5.98. The van der Waals surface area contributed by atoms with Gasteiger partial charge < -0.3 is 25.2 Å². The van der Waals surface area contributed by atoms with Crippen LogP contribution in [0.1, 0.15) is 41.7 Å². The summed E-state index contributed by atoms with van der Waals surface area (Å²) in [6, 6.07) is 12.6. The van der Waals surface area contributed by atoms with E-state index < -0.39 is 0 Å². The quantitative estimate of drug-likeness (QED) is 0.693. The Kier molecular flexibility index (Phi) is 6.72. The maximum Gasteiger partial charge on any atom is 0.269 e. The standard InChI is InChI=1S/C27H34N6O2/c1-28-26(34)24-17-20(10-13-29-24)35-19-8-9-25-23(16-19)31-27(33(25)3)30-22-7-5-4-6-21(22)18-11-14-32(2)15-12-18/h4-7,10-11,13,17,19,23,25H,8-9,12,14-16H2,1-3H3,(H,28,34)(H,30,31)/t19?,23-,25?/m0/s1. The van der Waals surface area contributed by atoms with Gasteiger partial charge in [0, 0.05) is 57.1 Å². The predicted molar refractivity (Wildman–Crippen MR) is 139 cm³/mol. The number of hydrogen-bond donors (Lipinski definition) is 2. The highest BCUT2D eigenvalue weighted by Gasteiger charge is 2.40. The molecule has 35 heavy (non-hydrogen) atoms. The fourth-order valence-electron chi connectivity index (χ4n) is 5.25. The second kappa shape index (κ2) is 10.1. The number of amides is 1. The van der Waals surface area contributed by atoms with Gasteiger partial charge in [-0.1, -0.05) is 24.3 Å². The van der Waals surface area contributed by atoms with E-state index >= 15 is 0 Å². The third kappa shape index (κ3) is 5.03. The second-order valence-corrected chi connectivity index (χ2v) is 9.62. The molecule has 0 saturated heterocycles. The number of ether oxygens (including phenoxy) is 1. The fourth-order valence-corrected chi connectivity index (χ4v) is 5.25. The third-order valence-corrected chi connectivity index (χ3v) is 7.28. The molecule has 5 rings (SSSR count). The van der Waals surface area contributed by atoms with Crippen LogP contribution in [0.2, 0.25) is 0 Å². The van der Waals surface area contributed by atoms with Crippen molar-refractivity contribution in [2.75, 3.05) is 39.5 Å². The molecule has 2 unspecified atom stereocenters. The first-order valence-electron chi connectivity index (χ1n) is 12.4. The number of guanidine groups is 1. The Morgan fingerprint density at radius 2 is 2.03 bits per heavy atom. The van der Waals surface area contributed by atoms with Crippen molar-refractivity contribution in [1.29, 1.82) is 0 Å². The smallest absolute Gasteiger partial charge is 0.269 e. The molecular formula is C27H34N6O2. The Hall–Kier alpha value is -3.39. The first-order chi connectivity index (χ1) is 17.0. The number of hydrogen-bond acceptors (Lipinski definition) is 7. The van der Waals surface area contributed by atoms with Crippen LogP contribution in [0.5, 0.6) is 5.75 Å². The molecule has 0 bridgehead atoms. The monoisotopic (exact) mass is 474 g/mol. The summed E-state index contributed by atoms with van der Waals surface area (Å²) in [4.78, 5) is 25.7. The summed E-state index contributed by atoms with van der Waals surface area (Å²) in [5, 5.41) is 6.25. The van der Waals surface area contributed by atoms with Crippen molar-refractivity contribution < 1.29 is 9.53 Å². The van der Waals surface area contributed by atoms with Crippen molar-refractivity contribution in [1.82, 2.24) is 20.1 Å². The lowest BCUT2D eigenvalue weighted by Gasteiger charge is -2.34. The molecule has 1 aromatic carbocycles. The fraction of sp³-hybridized carbons (Fsp3) is 0.444. The Labute approximate surface area is 207 Å². The number of likely N-dealkylation sites (N-methyl/N-ethyl adjacent to an activating group) is 2. The number of carbonyl (C=O) groups excluding carboxylic acids is 1. The Morgan fingerprint density at radius 3 is 2.83 bits per heavy atom. The second-order valence-electron chi connectivity index (χ2n) is 9.62. The van der Waals surface area contributed by atoms with E-state index in [1.54, 1.807) is 19.3 Å². The lowest BCUT2D eigenvalue weighted by molar-refractivity contribution is 0.0954. The van der Waals surface area contributed by atoms with Gasteiger partial charge in [-0.15, -0.1) is 0 Å². The molecule has 2 aromatic rings. The highest BCUT2D eigenvalue weighted by Crippen LogP contribution is 2.34. The number of anilines is 1. The molecule has 3 atom stereocenters. The van der Waals surface area contributed by atoms with Crippen molar-refractivity contribution in [2.24, 2.45) is 4.99 Å². The van der Waals surface area contributed by atoms with Crippen LogP contribution in [0, 0.1) is 0 Å². The van der Waals surface area contributed by atoms with Gasteiger partial charge in [0.15, 0.2) is 5.96 Å². The van der Waals surface area contributed by atoms with Gasteiger partial charge in [0.1, 0.15) is 17.5 Å². The predicted octanol–water partition coefficient (Wildman–Crippen LogP) is 3.24. The number of pyridine rings is 1. The van der Waals surface area contributed by atoms with Crippen LogP contribution in [0.25, 0.3) is 5.57 Å². The number of fused-ring (bicyclic) bond motifs is 1. The Balaban J connectivity index is 1.28. The Bertz CT molecular complexity index is 1150. The van der Waals surface area contributed by atoms with E-state index in [1.807, 2.05) is 6.07 Å². The molecule has 0 radical (unpaired) electrons. The van der Waals surface area contributed by atoms with E-state index in [-0.39, 0.29) is 18.1 Å². The normalized spacial score (nSPS) is 24.3. The number of aromatic nitrogens is 1. The van der Waals surface area contributed by atoms with Crippen LogP contribution in [0.15, 0.2) is 53.7 Å². The Morgan fingerprint density at radius 1 is 1.17 bits per heavy atom. The molecule has 1 saturated carbocycles. The minimum Gasteiger partial charge on any atom is -0.490 e. The van der Waals surface area contributed by atoms with E-state index in [1.165, 1.54) is 11.1 Å². The molecule has 8 heteroatoms. The molecule has 3 heterocycles. The summed E-state index contributed by atoms with van der Waals surface area (Å²) >= 11 is 0. The van der Waals surface area contributed by atoms with Crippen molar-refractivity contribution in [3.8, 4) is 5.75 Å². The SMILES string of the molecule is CNC(=O)c1cc(OC2CCC3[C@H](C2)N=C(Nc2ccccc2C2=CCN(C)CC2)N3C)ccn1. The molecule has 1 aliphatic carbocycles. The molecular weight excluding hydrogens is 440 g/mol. The van der Waals surface area contributed by atoms with Crippen molar-refractivity contribution in [3.63, 3.8) is 0 Å². The van der Waals surface area contributed by atoms with Gasteiger partial charge in [-0.3, -0.25) is 9.78 Å². The summed E-state index contributed by atoms with van der Waals surface area (Å²) < 4.78 is 6.26. The summed E-state index contributed by atoms with van der Waals surface area (Å²) in [7, 11) is 5.89. The largest absolute Gasteiger partial charge is 0.490 e. The number of rotatable bonds is 5. The number of nitrogens with zero attached hydrogens (tertiary/aromatic N) is 4. The zero-order valence-electron chi connectivity index (χ0n) is 20.7. The summed E-state index contributed by atoms with van der Waals surface area (Å²) in [5.41, 5.74) is 4.13. The average molecular weight is 475 g/mol. The van der Waals surface area contributed by atoms with Gasteiger partial charge in [-0.2, -0.15) is 0 Å². The van der Waals surface area contributed by atoms with E-state index in [4.69, 9.17) is 9.73 Å². The molecule has 2 N–H and O–H groups in total. The lowest BCUT2D eigenvalue weighted by Crippen LogP contribution is -2.44. The van der Waals surface area contributed by atoms with Gasteiger partial charge >= 0.3 is 0 Å². The van der Waals surface area contributed by atoms with Gasteiger partial charge in [0.05, 0.1) is 12.1 Å². The molecule has 2 aliphatic heterocycles. The minimum atomic E-state index is -0.215. The molecule has 3 aliphatic rings. The molecule has 1 aromatic heterocycles. The molecule has 0 spiro atoms. The number of para-hydroxylation sites is 1. The minimum absolute atomic E-state index is 0.0596. The first kappa shape index (κ1) is 23.4. The van der Waals surface area contributed by atoms with Gasteiger partial charge in [-0.25, -0.2) is 4.99 Å². The first-order valence-corrected chi connectivity index (χ1v) is 12.4. The zero-order chi connectivity index (χ0) is 24.4. The zero-order valence-corrected chi connectivity index (χ0v) is 20.7. The van der Waals surface area contributed by atoms with Gasteiger partial charge in [0.25, 0.3) is 5.91 Å². The summed E-state index contributed by atoms with van der Waals surface area (Å²) in [6.45, 7) is 2.06. The van der Waals surface area contributed by atoms with E-state index in [0.717, 1.165) is 50.4 Å². The van der Waals surface area contributed by atoms with Crippen LogP contribution in [0.4, 0.5) is 5.69 Å². The van der Waals surface area contributed by atoms with Crippen LogP contribution in [0.3, 0.4) is 0 Å². The van der Waals surface area contributed by atoms with Gasteiger partial charge in [0.2, 0.25) is 0 Å². The molecule has 1 amide bonds. The number of carbonyl (C=O) groups is 1. The number of aliphatic imine (C=N–C) groups is 1. The van der Waals surface area contributed by atoms with Crippen LogP contribution < -0.4 is 15.4 Å². The maximum absolute atomic E-state index is 11.9. The molecule has 1 fully saturated rings. The highest BCUT2D eigenvalue weighted by atomic mass is 16.5. The topological polar surface area (TPSA) is 82.1 Å². The van der Waals surface area contributed by atoms with E-state index in [9.17, 15) is 4.79 Å². The van der Waals surface area contributed by atoms with Crippen LogP contribution >= 0.6 is 0 Å². The third-order valence-electron chi connectivity index (χ3n) is 7.28. The summed E-state index contributed by atoms with van der Waals surface area (Å²) in [6.07, 6.45) is 7.86. The summed E-state index contributed by atoms with van der Waals surface area (Å²) in [5.74, 6) is 1.39. The van der Waals surface area contributed by atoms with Crippen molar-refractivity contribution >= 4 is 23.1 Å². The molecule has 8 nitrogen and oxygen atoms in total. The number of benzene rings is 1.